The largest absolute Gasteiger partial charge is 0.379 e. The van der Waals surface area contributed by atoms with Crippen LogP contribution in [0.1, 0.15) is 24.0 Å². The lowest BCUT2D eigenvalue weighted by Crippen LogP contribution is -2.43. The molecule has 0 atom stereocenters. The molecule has 1 saturated heterocycles. The molecule has 0 aromatic heterocycles. The van der Waals surface area contributed by atoms with Crippen LogP contribution in [0, 0.1) is 6.92 Å². The summed E-state index contributed by atoms with van der Waals surface area (Å²) in [5, 5.41) is 2.70. The molecule has 2 rings (SSSR count). The summed E-state index contributed by atoms with van der Waals surface area (Å²) in [7, 11) is -3.31. The van der Waals surface area contributed by atoms with E-state index >= 15 is 0 Å². The molecule has 134 valence electrons. The van der Waals surface area contributed by atoms with Crippen molar-refractivity contribution in [2.24, 2.45) is 0 Å². The maximum atomic E-state index is 12.1. The first-order chi connectivity index (χ1) is 11.5. The van der Waals surface area contributed by atoms with Crippen molar-refractivity contribution >= 4 is 15.9 Å². The SMILES string of the molecule is Cc1ccccc1CCCC(=O)NCCS(=O)(=O)N1CCOCC1. The maximum Gasteiger partial charge on any atom is 0.220 e. The molecule has 7 heteroatoms. The highest BCUT2D eigenvalue weighted by Crippen LogP contribution is 2.10. The van der Waals surface area contributed by atoms with Gasteiger partial charge in [0.2, 0.25) is 15.9 Å². The third-order valence-electron chi connectivity index (χ3n) is 4.16. The summed E-state index contributed by atoms with van der Waals surface area (Å²) in [5.41, 5.74) is 2.48. The summed E-state index contributed by atoms with van der Waals surface area (Å²) in [6, 6.07) is 8.13. The van der Waals surface area contributed by atoms with Crippen molar-refractivity contribution < 1.29 is 17.9 Å². The predicted octanol–water partition coefficient (Wildman–Crippen LogP) is 1.10. The van der Waals surface area contributed by atoms with E-state index in [1.807, 2.05) is 12.1 Å². The van der Waals surface area contributed by atoms with E-state index in [1.165, 1.54) is 15.4 Å². The molecule has 6 nitrogen and oxygen atoms in total. The second kappa shape index (κ2) is 9.15. The number of ether oxygens (including phenoxy) is 1. The van der Waals surface area contributed by atoms with Crippen molar-refractivity contribution in [2.45, 2.75) is 26.2 Å². The lowest BCUT2D eigenvalue weighted by atomic mass is 10.0. The average Bonchev–Trinajstić information content (AvgIpc) is 2.57. The van der Waals surface area contributed by atoms with Crippen LogP contribution in [0.3, 0.4) is 0 Å². The van der Waals surface area contributed by atoms with E-state index in [-0.39, 0.29) is 18.2 Å². The minimum atomic E-state index is -3.31. The van der Waals surface area contributed by atoms with Crippen LogP contribution >= 0.6 is 0 Å². The highest BCUT2D eigenvalue weighted by Gasteiger charge is 2.23. The normalized spacial score (nSPS) is 16.0. The first-order valence-electron chi connectivity index (χ1n) is 8.36. The van der Waals surface area contributed by atoms with Gasteiger partial charge in [0.05, 0.1) is 19.0 Å². The first kappa shape index (κ1) is 18.9. The highest BCUT2D eigenvalue weighted by molar-refractivity contribution is 7.89. The van der Waals surface area contributed by atoms with Crippen LogP contribution in [-0.2, 0) is 26.0 Å². The van der Waals surface area contributed by atoms with Crippen molar-refractivity contribution in [3.63, 3.8) is 0 Å². The third-order valence-corrected chi connectivity index (χ3v) is 6.03. The number of hydrogen-bond donors (Lipinski definition) is 1. The molecular formula is C17H26N2O4S. The Balaban J connectivity index is 1.65. The van der Waals surface area contributed by atoms with Crippen LogP contribution in [0.4, 0.5) is 0 Å². The van der Waals surface area contributed by atoms with Crippen LogP contribution < -0.4 is 5.32 Å². The molecule has 1 aromatic carbocycles. The van der Waals surface area contributed by atoms with Crippen LogP contribution in [0.5, 0.6) is 0 Å². The summed E-state index contributed by atoms with van der Waals surface area (Å²) in [5.74, 6) is -0.156. The Labute approximate surface area is 144 Å². The molecule has 0 spiro atoms. The molecule has 1 fully saturated rings. The van der Waals surface area contributed by atoms with Gasteiger partial charge in [0.1, 0.15) is 0 Å². The number of benzene rings is 1. The number of nitrogens with zero attached hydrogens (tertiary/aromatic N) is 1. The number of hydrogen-bond acceptors (Lipinski definition) is 4. The van der Waals surface area contributed by atoms with E-state index in [1.54, 1.807) is 0 Å². The summed E-state index contributed by atoms with van der Waals surface area (Å²) < 4.78 is 30.8. The van der Waals surface area contributed by atoms with Gasteiger partial charge in [-0.2, -0.15) is 4.31 Å². The van der Waals surface area contributed by atoms with Crippen molar-refractivity contribution in [1.29, 1.82) is 0 Å². The molecule has 1 amide bonds. The second-order valence-corrected chi connectivity index (χ2v) is 8.05. The molecule has 1 aliphatic heterocycles. The summed E-state index contributed by atoms with van der Waals surface area (Å²) >= 11 is 0. The van der Waals surface area contributed by atoms with Gasteiger partial charge in [0.15, 0.2) is 0 Å². The minimum Gasteiger partial charge on any atom is -0.379 e. The Kier molecular flexibility index (Phi) is 7.20. The number of nitrogens with one attached hydrogen (secondary N) is 1. The van der Waals surface area contributed by atoms with Gasteiger partial charge < -0.3 is 10.1 Å². The van der Waals surface area contributed by atoms with Gasteiger partial charge in [-0.1, -0.05) is 24.3 Å². The summed E-state index contributed by atoms with van der Waals surface area (Å²) in [6.07, 6.45) is 2.02. The number of carbonyl (C=O) groups excluding carboxylic acids is 1. The second-order valence-electron chi connectivity index (χ2n) is 5.96. The predicted molar refractivity (Wildman–Crippen MR) is 93.3 cm³/mol. The molecule has 0 unspecified atom stereocenters. The Morgan fingerprint density at radius 2 is 1.96 bits per heavy atom. The van der Waals surface area contributed by atoms with Gasteiger partial charge in [-0.25, -0.2) is 8.42 Å². The zero-order chi connectivity index (χ0) is 17.4. The maximum absolute atomic E-state index is 12.1. The van der Waals surface area contributed by atoms with Crippen LogP contribution in [0.2, 0.25) is 0 Å². The number of rotatable bonds is 8. The molecule has 0 saturated carbocycles. The topological polar surface area (TPSA) is 75.7 Å². The van der Waals surface area contributed by atoms with Crippen LogP contribution in [0.25, 0.3) is 0 Å². The van der Waals surface area contributed by atoms with Crippen molar-refractivity contribution in [3.05, 3.63) is 35.4 Å². The molecule has 1 aromatic rings. The van der Waals surface area contributed by atoms with Gasteiger partial charge in [-0.05, 0) is 30.9 Å². The summed E-state index contributed by atoms with van der Waals surface area (Å²) in [4.78, 5) is 11.8. The van der Waals surface area contributed by atoms with Crippen LogP contribution in [0.15, 0.2) is 24.3 Å². The Morgan fingerprint density at radius 3 is 2.67 bits per heavy atom. The number of sulfonamides is 1. The standard InChI is InChI=1S/C17H26N2O4S/c1-15-5-2-3-6-16(15)7-4-8-17(20)18-9-14-24(21,22)19-10-12-23-13-11-19/h2-3,5-6H,4,7-14H2,1H3,(H,18,20). The fourth-order valence-electron chi connectivity index (χ4n) is 2.69. The monoisotopic (exact) mass is 354 g/mol. The number of aryl methyl sites for hydroxylation is 2. The van der Waals surface area contributed by atoms with Gasteiger partial charge in [0.25, 0.3) is 0 Å². The zero-order valence-corrected chi connectivity index (χ0v) is 15.0. The molecule has 1 heterocycles. The smallest absolute Gasteiger partial charge is 0.220 e. The molecular weight excluding hydrogens is 328 g/mol. The zero-order valence-electron chi connectivity index (χ0n) is 14.2. The first-order valence-corrected chi connectivity index (χ1v) is 9.97. The van der Waals surface area contributed by atoms with Crippen molar-refractivity contribution in [1.82, 2.24) is 9.62 Å². The van der Waals surface area contributed by atoms with Gasteiger partial charge in [-0.15, -0.1) is 0 Å². The fraction of sp³-hybridized carbons (Fsp3) is 0.588. The fourth-order valence-corrected chi connectivity index (χ4v) is 4.02. The third kappa shape index (κ3) is 5.89. The van der Waals surface area contributed by atoms with E-state index in [4.69, 9.17) is 4.74 Å². The molecule has 0 radical (unpaired) electrons. The van der Waals surface area contributed by atoms with Gasteiger partial charge >= 0.3 is 0 Å². The molecule has 1 N–H and O–H groups in total. The lowest BCUT2D eigenvalue weighted by molar-refractivity contribution is -0.121. The highest BCUT2D eigenvalue weighted by atomic mass is 32.2. The van der Waals surface area contributed by atoms with Crippen LogP contribution in [-0.4, -0.2) is 57.2 Å². The van der Waals surface area contributed by atoms with E-state index < -0.39 is 10.0 Å². The number of carbonyl (C=O) groups is 1. The average molecular weight is 354 g/mol. The molecule has 0 aliphatic carbocycles. The molecule has 0 bridgehead atoms. The lowest BCUT2D eigenvalue weighted by Gasteiger charge is -2.26. The Bertz CT molecular complexity index is 640. The van der Waals surface area contributed by atoms with Gasteiger partial charge in [-0.3, -0.25) is 4.79 Å². The van der Waals surface area contributed by atoms with Crippen molar-refractivity contribution in [3.8, 4) is 0 Å². The molecule has 1 aliphatic rings. The quantitative estimate of drug-likeness (QED) is 0.758. The van der Waals surface area contributed by atoms with Crippen molar-refractivity contribution in [2.75, 3.05) is 38.6 Å². The Morgan fingerprint density at radius 1 is 1.25 bits per heavy atom. The molecule has 24 heavy (non-hydrogen) atoms. The minimum absolute atomic E-state index is 0.0590. The Hall–Kier alpha value is -1.44. The van der Waals surface area contributed by atoms with E-state index in [2.05, 4.69) is 24.4 Å². The van der Waals surface area contributed by atoms with E-state index in [0.717, 1.165) is 12.8 Å². The van der Waals surface area contributed by atoms with Gasteiger partial charge in [0, 0.05) is 26.1 Å². The van der Waals surface area contributed by atoms with E-state index in [9.17, 15) is 13.2 Å². The van der Waals surface area contributed by atoms with E-state index in [0.29, 0.717) is 32.7 Å². The number of amides is 1. The number of morpholine rings is 1. The summed E-state index contributed by atoms with van der Waals surface area (Å²) in [6.45, 7) is 3.88.